The van der Waals surface area contributed by atoms with Gasteiger partial charge in [-0.1, -0.05) is 53.5 Å². The molecule has 1 atom stereocenters. The van der Waals surface area contributed by atoms with Gasteiger partial charge in [-0.25, -0.2) is 0 Å². The van der Waals surface area contributed by atoms with E-state index in [1.165, 1.54) is 18.4 Å². The number of likely N-dealkylation sites (N-methyl/N-ethyl adjacent to an activating group) is 1. The van der Waals surface area contributed by atoms with Crippen molar-refractivity contribution in [3.63, 3.8) is 0 Å². The summed E-state index contributed by atoms with van der Waals surface area (Å²) in [4.78, 5) is 0. The largest absolute Gasteiger partial charge is 0.316 e. The van der Waals surface area contributed by atoms with Gasteiger partial charge in [0.05, 0.1) is 0 Å². The lowest BCUT2D eigenvalue weighted by Crippen LogP contribution is -2.39. The fourth-order valence-electron chi connectivity index (χ4n) is 3.24. The quantitative estimate of drug-likeness (QED) is 0.830. The molecule has 3 rings (SSSR count). The minimum atomic E-state index is 0.238. The van der Waals surface area contributed by atoms with Crippen molar-refractivity contribution in [1.29, 1.82) is 0 Å². The molecule has 0 radical (unpaired) electrons. The van der Waals surface area contributed by atoms with Crippen LogP contribution in [0.1, 0.15) is 24.0 Å². The SMILES string of the molecule is CNC(Cc1cc(Cl)ccc1Cl)C1(c2ccccc2)CC1. The molecule has 0 aromatic heterocycles. The molecule has 0 saturated heterocycles. The Morgan fingerprint density at radius 3 is 2.43 bits per heavy atom. The third-order valence-corrected chi connectivity index (χ3v) is 5.19. The zero-order valence-electron chi connectivity index (χ0n) is 12.1. The molecule has 1 unspecified atom stereocenters. The molecule has 2 aromatic rings. The van der Waals surface area contributed by atoms with E-state index >= 15 is 0 Å². The molecule has 0 heterocycles. The Bertz CT molecular complexity index is 620. The summed E-state index contributed by atoms with van der Waals surface area (Å²) in [7, 11) is 2.03. The topological polar surface area (TPSA) is 12.0 Å². The van der Waals surface area contributed by atoms with Crippen molar-refractivity contribution in [3.05, 3.63) is 69.7 Å². The van der Waals surface area contributed by atoms with Crippen LogP contribution in [0.2, 0.25) is 10.0 Å². The van der Waals surface area contributed by atoms with Crippen molar-refractivity contribution in [2.24, 2.45) is 0 Å². The molecule has 1 N–H and O–H groups in total. The predicted molar refractivity (Wildman–Crippen MR) is 90.4 cm³/mol. The normalized spacial score (nSPS) is 17.5. The monoisotopic (exact) mass is 319 g/mol. The number of nitrogens with one attached hydrogen (secondary N) is 1. The molecular weight excluding hydrogens is 301 g/mol. The molecule has 0 spiro atoms. The van der Waals surface area contributed by atoms with E-state index in [0.29, 0.717) is 6.04 Å². The summed E-state index contributed by atoms with van der Waals surface area (Å²) in [5, 5.41) is 5.04. The molecule has 1 aliphatic carbocycles. The van der Waals surface area contributed by atoms with E-state index in [9.17, 15) is 0 Å². The maximum Gasteiger partial charge on any atom is 0.0439 e. The van der Waals surface area contributed by atoms with Gasteiger partial charge in [-0.3, -0.25) is 0 Å². The first-order valence-electron chi connectivity index (χ1n) is 7.32. The molecule has 110 valence electrons. The number of hydrogen-bond donors (Lipinski definition) is 1. The van der Waals surface area contributed by atoms with Gasteiger partial charge in [0.15, 0.2) is 0 Å². The molecule has 1 aliphatic rings. The van der Waals surface area contributed by atoms with Crippen LogP contribution in [0.15, 0.2) is 48.5 Å². The summed E-state index contributed by atoms with van der Waals surface area (Å²) in [6.45, 7) is 0. The highest BCUT2D eigenvalue weighted by Crippen LogP contribution is 2.51. The van der Waals surface area contributed by atoms with E-state index in [-0.39, 0.29) is 5.41 Å². The maximum absolute atomic E-state index is 6.33. The molecule has 3 heteroatoms. The minimum Gasteiger partial charge on any atom is -0.316 e. The van der Waals surface area contributed by atoms with Crippen LogP contribution in [0.3, 0.4) is 0 Å². The van der Waals surface area contributed by atoms with Crippen LogP contribution in [0, 0.1) is 0 Å². The molecule has 1 nitrogen and oxygen atoms in total. The first kappa shape index (κ1) is 14.9. The van der Waals surface area contributed by atoms with Crippen LogP contribution >= 0.6 is 23.2 Å². The Kier molecular flexibility index (Phi) is 4.26. The zero-order chi connectivity index (χ0) is 14.9. The predicted octanol–water partition coefficient (Wildman–Crippen LogP) is 4.86. The highest BCUT2D eigenvalue weighted by Gasteiger charge is 2.49. The second-order valence-corrected chi connectivity index (χ2v) is 6.65. The van der Waals surface area contributed by atoms with Crippen LogP contribution in [0.4, 0.5) is 0 Å². The van der Waals surface area contributed by atoms with Crippen molar-refractivity contribution in [2.45, 2.75) is 30.7 Å². The number of hydrogen-bond acceptors (Lipinski definition) is 1. The van der Waals surface area contributed by atoms with Gasteiger partial charge < -0.3 is 5.32 Å². The van der Waals surface area contributed by atoms with Crippen molar-refractivity contribution < 1.29 is 0 Å². The zero-order valence-corrected chi connectivity index (χ0v) is 13.6. The van der Waals surface area contributed by atoms with Crippen LogP contribution in [0.25, 0.3) is 0 Å². The molecule has 21 heavy (non-hydrogen) atoms. The minimum absolute atomic E-state index is 0.238. The van der Waals surface area contributed by atoms with Gasteiger partial charge in [0.1, 0.15) is 0 Å². The summed E-state index contributed by atoms with van der Waals surface area (Å²) < 4.78 is 0. The Labute approximate surface area is 136 Å². The van der Waals surface area contributed by atoms with E-state index in [2.05, 4.69) is 35.6 Å². The van der Waals surface area contributed by atoms with Crippen molar-refractivity contribution in [1.82, 2.24) is 5.32 Å². The second-order valence-electron chi connectivity index (χ2n) is 5.80. The molecule has 0 aliphatic heterocycles. The van der Waals surface area contributed by atoms with Gasteiger partial charge >= 0.3 is 0 Å². The van der Waals surface area contributed by atoms with Crippen molar-refractivity contribution in [3.8, 4) is 0 Å². The number of rotatable bonds is 5. The Balaban J connectivity index is 1.88. The fraction of sp³-hybridized carbons (Fsp3) is 0.333. The molecule has 0 amide bonds. The standard InChI is InChI=1S/C18H19Cl2N/c1-21-17(12-13-11-15(19)7-8-16(13)20)18(9-10-18)14-5-3-2-4-6-14/h2-8,11,17,21H,9-10,12H2,1H3. The third-order valence-electron chi connectivity index (χ3n) is 4.58. The first-order valence-corrected chi connectivity index (χ1v) is 8.08. The number of benzene rings is 2. The van der Waals surface area contributed by atoms with Gasteiger partial charge in [0, 0.05) is 21.5 Å². The van der Waals surface area contributed by atoms with Crippen LogP contribution < -0.4 is 5.32 Å². The smallest absolute Gasteiger partial charge is 0.0439 e. The summed E-state index contributed by atoms with van der Waals surface area (Å²) >= 11 is 12.4. The second kappa shape index (κ2) is 6.00. The van der Waals surface area contributed by atoms with E-state index in [1.54, 1.807) is 0 Å². The number of halogens is 2. The van der Waals surface area contributed by atoms with E-state index in [1.807, 2.05) is 25.2 Å². The summed E-state index contributed by atoms with van der Waals surface area (Å²) in [5.74, 6) is 0. The third kappa shape index (κ3) is 2.96. The highest BCUT2D eigenvalue weighted by molar-refractivity contribution is 6.33. The molecular formula is C18H19Cl2N. The van der Waals surface area contributed by atoms with E-state index < -0.39 is 0 Å². The summed E-state index contributed by atoms with van der Waals surface area (Å²) in [5.41, 5.74) is 2.77. The first-order chi connectivity index (χ1) is 10.2. The van der Waals surface area contributed by atoms with Crippen molar-refractivity contribution >= 4 is 23.2 Å². The van der Waals surface area contributed by atoms with Gasteiger partial charge in [0.2, 0.25) is 0 Å². The summed E-state index contributed by atoms with van der Waals surface area (Å²) in [6, 6.07) is 16.9. The maximum atomic E-state index is 6.33. The van der Waals surface area contributed by atoms with E-state index in [4.69, 9.17) is 23.2 Å². The molecule has 2 aromatic carbocycles. The van der Waals surface area contributed by atoms with E-state index in [0.717, 1.165) is 22.0 Å². The average molecular weight is 320 g/mol. The summed E-state index contributed by atoms with van der Waals surface area (Å²) in [6.07, 6.45) is 3.34. The van der Waals surface area contributed by atoms with Gasteiger partial charge in [-0.15, -0.1) is 0 Å². The van der Waals surface area contributed by atoms with Crippen LogP contribution in [-0.2, 0) is 11.8 Å². The highest BCUT2D eigenvalue weighted by atomic mass is 35.5. The van der Waals surface area contributed by atoms with Crippen molar-refractivity contribution in [2.75, 3.05) is 7.05 Å². The molecule has 1 saturated carbocycles. The Hall–Kier alpha value is -1.02. The lowest BCUT2D eigenvalue weighted by atomic mass is 9.84. The molecule has 1 fully saturated rings. The van der Waals surface area contributed by atoms with Crippen LogP contribution in [0.5, 0.6) is 0 Å². The average Bonchev–Trinajstić information content (AvgIpc) is 3.31. The lowest BCUT2D eigenvalue weighted by molar-refractivity contribution is 0.442. The Morgan fingerprint density at radius 1 is 1.10 bits per heavy atom. The van der Waals surface area contributed by atoms with Crippen LogP contribution in [-0.4, -0.2) is 13.1 Å². The van der Waals surface area contributed by atoms with Gasteiger partial charge in [-0.2, -0.15) is 0 Å². The molecule has 0 bridgehead atoms. The van der Waals surface area contributed by atoms with Gasteiger partial charge in [-0.05, 0) is 55.6 Å². The van der Waals surface area contributed by atoms with Gasteiger partial charge in [0.25, 0.3) is 0 Å². The fourth-order valence-corrected chi connectivity index (χ4v) is 3.63. The Morgan fingerprint density at radius 2 is 1.81 bits per heavy atom. The lowest BCUT2D eigenvalue weighted by Gasteiger charge is -2.28.